The van der Waals surface area contributed by atoms with Gasteiger partial charge in [0.25, 0.3) is 11.5 Å². The van der Waals surface area contributed by atoms with Gasteiger partial charge in [0.05, 0.1) is 12.3 Å². The first kappa shape index (κ1) is 29.5. The Bertz CT molecular complexity index is 1500. The van der Waals surface area contributed by atoms with Gasteiger partial charge < -0.3 is 29.4 Å². The van der Waals surface area contributed by atoms with E-state index in [4.69, 9.17) is 14.2 Å². The van der Waals surface area contributed by atoms with Crippen molar-refractivity contribution in [3.05, 3.63) is 46.5 Å². The van der Waals surface area contributed by atoms with Crippen molar-refractivity contribution in [3.63, 3.8) is 0 Å². The van der Waals surface area contributed by atoms with Crippen LogP contribution in [0.15, 0.2) is 35.4 Å². The zero-order valence-corrected chi connectivity index (χ0v) is 24.8. The molecule has 0 radical (unpaired) electrons. The molecule has 2 atom stereocenters. The van der Waals surface area contributed by atoms with E-state index in [1.165, 1.54) is 15.6 Å². The second kappa shape index (κ2) is 12.1. The van der Waals surface area contributed by atoms with Gasteiger partial charge in [-0.05, 0) is 65.0 Å². The van der Waals surface area contributed by atoms with Crippen molar-refractivity contribution in [1.82, 2.24) is 24.5 Å². The Balaban J connectivity index is 1.51. The fraction of sp³-hybridized carbons (Fsp3) is 0.552. The molecule has 0 unspecified atom stereocenters. The lowest BCUT2D eigenvalue weighted by molar-refractivity contribution is 0.0587. The van der Waals surface area contributed by atoms with Gasteiger partial charge in [0, 0.05) is 51.7 Å². The van der Waals surface area contributed by atoms with Crippen molar-refractivity contribution in [2.45, 2.75) is 76.7 Å². The van der Waals surface area contributed by atoms with E-state index in [2.05, 4.69) is 20.7 Å². The van der Waals surface area contributed by atoms with Gasteiger partial charge in [-0.3, -0.25) is 14.5 Å². The third-order valence-corrected chi connectivity index (χ3v) is 7.58. The fourth-order valence-electron chi connectivity index (χ4n) is 5.38. The van der Waals surface area contributed by atoms with Gasteiger partial charge in [0.1, 0.15) is 28.5 Å². The summed E-state index contributed by atoms with van der Waals surface area (Å²) in [5.41, 5.74) is -0.146. The molecule has 42 heavy (non-hydrogen) atoms. The number of hydrogen-bond acceptors (Lipinski definition) is 9. The Kier molecular flexibility index (Phi) is 8.50. The van der Waals surface area contributed by atoms with Crippen LogP contribution in [-0.2, 0) is 14.2 Å². The minimum atomic E-state index is -0.728. The summed E-state index contributed by atoms with van der Waals surface area (Å²) in [4.78, 5) is 45.8. The van der Waals surface area contributed by atoms with Crippen LogP contribution < -0.4 is 21.1 Å². The van der Waals surface area contributed by atoms with Gasteiger partial charge in [-0.15, -0.1) is 0 Å². The Morgan fingerprint density at radius 1 is 1.17 bits per heavy atom. The number of amides is 2. The van der Waals surface area contributed by atoms with Gasteiger partial charge in [-0.2, -0.15) is 9.61 Å². The van der Waals surface area contributed by atoms with Crippen LogP contribution >= 0.6 is 0 Å². The standard InChI is InChI=1S/C29H39N7O6/c1-29(2,3)42-28(39)34(4)24-16-23(32-22-7-6-12-35(27(22)38)19-10-13-41-14-11-19)33-25-21(17-30-36(24)25)26(37)31-18-8-9-20(15-18)40-5/h6-7,12,16-20H,8-11,13-15H2,1-5H3,(H,31,37)(H,32,33)/t18-,20-/m1/s1. The molecular weight excluding hydrogens is 542 g/mol. The predicted octanol–water partition coefficient (Wildman–Crippen LogP) is 3.65. The summed E-state index contributed by atoms with van der Waals surface area (Å²) in [6.45, 7) is 6.54. The van der Waals surface area contributed by atoms with Gasteiger partial charge in [0.15, 0.2) is 5.65 Å². The molecule has 1 saturated heterocycles. The van der Waals surface area contributed by atoms with Crippen LogP contribution in [0.2, 0.25) is 0 Å². The maximum absolute atomic E-state index is 13.4. The molecule has 3 aromatic rings. The lowest BCUT2D eigenvalue weighted by Gasteiger charge is -2.25. The van der Waals surface area contributed by atoms with Crippen molar-refractivity contribution >= 4 is 35.0 Å². The summed E-state index contributed by atoms with van der Waals surface area (Å²) < 4.78 is 19.6. The van der Waals surface area contributed by atoms with Crippen LogP contribution in [0.4, 0.5) is 22.1 Å². The molecule has 226 valence electrons. The van der Waals surface area contributed by atoms with E-state index in [1.54, 1.807) is 63.9 Å². The summed E-state index contributed by atoms with van der Waals surface area (Å²) >= 11 is 0. The highest BCUT2D eigenvalue weighted by molar-refractivity contribution is 6.00. The molecule has 2 fully saturated rings. The minimum absolute atomic E-state index is 0.0319. The number of methoxy groups -OCH3 is 1. The first-order valence-corrected chi connectivity index (χ1v) is 14.3. The van der Waals surface area contributed by atoms with Crippen LogP contribution in [0.5, 0.6) is 0 Å². The number of carbonyl (C=O) groups is 2. The smallest absolute Gasteiger partial charge is 0.415 e. The zero-order chi connectivity index (χ0) is 30.0. The number of ether oxygens (including phenoxy) is 3. The molecule has 0 spiro atoms. The molecule has 13 heteroatoms. The molecule has 1 saturated carbocycles. The third-order valence-electron chi connectivity index (χ3n) is 7.58. The molecular formula is C29H39N7O6. The topological polar surface area (TPSA) is 141 Å². The number of nitrogens with zero attached hydrogens (tertiary/aromatic N) is 5. The van der Waals surface area contributed by atoms with Crippen LogP contribution in [0.25, 0.3) is 5.65 Å². The van der Waals surface area contributed by atoms with E-state index in [1.807, 2.05) is 0 Å². The SMILES string of the molecule is CO[C@@H]1CC[C@@H](NC(=O)c2cnn3c(N(C)C(=O)OC(C)(C)C)cc(Nc4cccn(C5CCOCC5)c4=O)nc23)C1. The first-order chi connectivity index (χ1) is 20.0. The van der Waals surface area contributed by atoms with Crippen molar-refractivity contribution in [2.24, 2.45) is 0 Å². The van der Waals surface area contributed by atoms with Crippen molar-refractivity contribution in [3.8, 4) is 0 Å². The largest absolute Gasteiger partial charge is 0.443 e. The molecule has 1 aliphatic heterocycles. The first-order valence-electron chi connectivity index (χ1n) is 14.3. The van der Waals surface area contributed by atoms with E-state index >= 15 is 0 Å². The van der Waals surface area contributed by atoms with Crippen LogP contribution in [0.1, 0.15) is 69.3 Å². The number of hydrogen-bond donors (Lipinski definition) is 2. The van der Waals surface area contributed by atoms with E-state index in [9.17, 15) is 14.4 Å². The number of rotatable bonds is 7. The lowest BCUT2D eigenvalue weighted by atomic mass is 10.1. The fourth-order valence-corrected chi connectivity index (χ4v) is 5.38. The number of anilines is 3. The second-order valence-electron chi connectivity index (χ2n) is 11.8. The average Bonchev–Trinajstić information content (AvgIpc) is 3.60. The maximum Gasteiger partial charge on any atom is 0.415 e. The monoisotopic (exact) mass is 581 g/mol. The second-order valence-corrected chi connectivity index (χ2v) is 11.8. The predicted molar refractivity (Wildman–Crippen MR) is 157 cm³/mol. The van der Waals surface area contributed by atoms with Gasteiger partial charge >= 0.3 is 6.09 Å². The molecule has 0 bridgehead atoms. The highest BCUT2D eigenvalue weighted by atomic mass is 16.6. The number of carbonyl (C=O) groups excluding carboxylic acids is 2. The Labute approximate surface area is 244 Å². The Morgan fingerprint density at radius 3 is 2.62 bits per heavy atom. The molecule has 2 N–H and O–H groups in total. The highest BCUT2D eigenvalue weighted by Crippen LogP contribution is 2.27. The molecule has 4 heterocycles. The van der Waals surface area contributed by atoms with E-state index in [0.29, 0.717) is 24.7 Å². The molecule has 0 aromatic carbocycles. The minimum Gasteiger partial charge on any atom is -0.443 e. The van der Waals surface area contributed by atoms with E-state index in [0.717, 1.165) is 32.1 Å². The summed E-state index contributed by atoms with van der Waals surface area (Å²) in [6.07, 6.45) is 6.60. The molecule has 2 aliphatic rings. The normalized spacial score (nSPS) is 19.5. The summed E-state index contributed by atoms with van der Waals surface area (Å²) in [5, 5.41) is 10.6. The number of nitrogens with one attached hydrogen (secondary N) is 2. The van der Waals surface area contributed by atoms with E-state index < -0.39 is 11.7 Å². The van der Waals surface area contributed by atoms with E-state index in [-0.39, 0.29) is 46.7 Å². The quantitative estimate of drug-likeness (QED) is 0.428. The van der Waals surface area contributed by atoms with Crippen LogP contribution in [0.3, 0.4) is 0 Å². The van der Waals surface area contributed by atoms with Gasteiger partial charge in [-0.25, -0.2) is 9.78 Å². The molecule has 13 nitrogen and oxygen atoms in total. The lowest BCUT2D eigenvalue weighted by Crippen LogP contribution is -2.35. The van der Waals surface area contributed by atoms with Gasteiger partial charge in [-0.1, -0.05) is 0 Å². The van der Waals surface area contributed by atoms with Crippen molar-refractivity contribution < 1.29 is 23.8 Å². The van der Waals surface area contributed by atoms with Gasteiger partial charge in [0.2, 0.25) is 0 Å². The third kappa shape index (κ3) is 6.41. The summed E-state index contributed by atoms with van der Waals surface area (Å²) in [5.74, 6) is 0.241. The Hall–Kier alpha value is -3.97. The molecule has 2 amide bonds. The maximum atomic E-state index is 13.4. The van der Waals surface area contributed by atoms with Crippen molar-refractivity contribution in [2.75, 3.05) is 37.6 Å². The summed E-state index contributed by atoms with van der Waals surface area (Å²) in [7, 11) is 3.23. The molecule has 1 aliphatic carbocycles. The number of aromatic nitrogens is 4. The average molecular weight is 582 g/mol. The zero-order valence-electron chi connectivity index (χ0n) is 24.8. The summed E-state index contributed by atoms with van der Waals surface area (Å²) in [6, 6.07) is 5.08. The molecule has 5 rings (SSSR count). The highest BCUT2D eigenvalue weighted by Gasteiger charge is 2.29. The van der Waals surface area contributed by atoms with Crippen molar-refractivity contribution in [1.29, 1.82) is 0 Å². The van der Waals surface area contributed by atoms with Crippen LogP contribution in [-0.4, -0.2) is 76.3 Å². The number of fused-ring (bicyclic) bond motifs is 1. The Morgan fingerprint density at radius 2 is 1.93 bits per heavy atom. The molecule has 3 aromatic heterocycles. The number of pyridine rings is 1. The van der Waals surface area contributed by atoms with Crippen LogP contribution in [0, 0.1) is 0 Å².